The third-order valence-electron chi connectivity index (χ3n) is 4.68. The van der Waals surface area contributed by atoms with E-state index in [1.54, 1.807) is 0 Å². The molecule has 2 unspecified atom stereocenters. The molecule has 1 amide bonds. The summed E-state index contributed by atoms with van der Waals surface area (Å²) < 4.78 is 11.4. The first-order chi connectivity index (χ1) is 9.84. The summed E-state index contributed by atoms with van der Waals surface area (Å²) >= 11 is 0. The minimum absolute atomic E-state index is 0. The topological polar surface area (TPSA) is 50.8 Å². The highest BCUT2D eigenvalue weighted by Gasteiger charge is 2.34. The van der Waals surface area contributed by atoms with Crippen LogP contribution in [0.3, 0.4) is 0 Å². The molecule has 3 aliphatic rings. The molecule has 1 N–H and O–H groups in total. The third-order valence-corrected chi connectivity index (χ3v) is 4.68. The predicted molar refractivity (Wildman–Crippen MR) is 82.8 cm³/mol. The number of amides is 1. The molecule has 2 atom stereocenters. The highest BCUT2D eigenvalue weighted by molar-refractivity contribution is 5.85. The highest BCUT2D eigenvalue weighted by Crippen LogP contribution is 2.26. The second kappa shape index (κ2) is 8.32. The van der Waals surface area contributed by atoms with Crippen LogP contribution in [0.2, 0.25) is 0 Å². The largest absolute Gasteiger partial charge is 0.376 e. The van der Waals surface area contributed by atoms with Crippen LogP contribution in [0.25, 0.3) is 0 Å². The van der Waals surface area contributed by atoms with Crippen molar-refractivity contribution in [2.45, 2.75) is 56.8 Å². The summed E-state index contributed by atoms with van der Waals surface area (Å²) in [4.78, 5) is 14.8. The van der Waals surface area contributed by atoms with Crippen molar-refractivity contribution in [3.63, 3.8) is 0 Å². The standard InChI is InChI=1S/C15H26N2O3.ClH/c18-15(14-10-16-7-9-20-14)17(12-4-1-2-5-12)11-13-6-3-8-19-13;/h12-14,16H,1-11H2;1H. The fraction of sp³-hybridized carbons (Fsp3) is 0.933. The molecule has 2 heterocycles. The summed E-state index contributed by atoms with van der Waals surface area (Å²) in [6.07, 6.45) is 6.89. The minimum Gasteiger partial charge on any atom is -0.376 e. The first kappa shape index (κ1) is 17.0. The SMILES string of the molecule is Cl.O=C(C1CNCCO1)N(CC1CCCO1)C1CCCC1. The van der Waals surface area contributed by atoms with Gasteiger partial charge in [0.05, 0.1) is 12.7 Å². The molecule has 2 aliphatic heterocycles. The first-order valence-corrected chi connectivity index (χ1v) is 8.09. The van der Waals surface area contributed by atoms with Crippen LogP contribution in [0.15, 0.2) is 0 Å². The average Bonchev–Trinajstić information content (AvgIpc) is 3.18. The lowest BCUT2D eigenvalue weighted by molar-refractivity contribution is -0.149. The summed E-state index contributed by atoms with van der Waals surface area (Å²) in [5.41, 5.74) is 0. The molecular formula is C15H27ClN2O3. The van der Waals surface area contributed by atoms with Crippen molar-refractivity contribution < 1.29 is 14.3 Å². The zero-order valence-electron chi connectivity index (χ0n) is 12.6. The summed E-state index contributed by atoms with van der Waals surface area (Å²) in [6.45, 7) is 3.73. The maximum absolute atomic E-state index is 12.8. The fourth-order valence-corrected chi connectivity index (χ4v) is 3.55. The Balaban J connectivity index is 0.00000161. The molecule has 122 valence electrons. The zero-order valence-corrected chi connectivity index (χ0v) is 13.4. The zero-order chi connectivity index (χ0) is 13.8. The Bertz CT molecular complexity index is 325. The van der Waals surface area contributed by atoms with Gasteiger partial charge in [0.25, 0.3) is 5.91 Å². The Morgan fingerprint density at radius 1 is 1.10 bits per heavy atom. The molecule has 1 saturated carbocycles. The Kier molecular flexibility index (Phi) is 6.74. The van der Waals surface area contributed by atoms with Gasteiger partial charge in [0.2, 0.25) is 0 Å². The monoisotopic (exact) mass is 318 g/mol. The van der Waals surface area contributed by atoms with Gasteiger partial charge in [0.15, 0.2) is 0 Å². The number of ether oxygens (including phenoxy) is 2. The predicted octanol–water partition coefficient (Wildman–Crippen LogP) is 1.35. The van der Waals surface area contributed by atoms with Gasteiger partial charge in [-0.25, -0.2) is 0 Å². The lowest BCUT2D eigenvalue weighted by Crippen LogP contribution is -2.53. The third kappa shape index (κ3) is 4.31. The van der Waals surface area contributed by atoms with Crippen LogP contribution in [-0.2, 0) is 14.3 Å². The Hall–Kier alpha value is -0.360. The van der Waals surface area contributed by atoms with Crippen molar-refractivity contribution >= 4 is 18.3 Å². The van der Waals surface area contributed by atoms with E-state index in [-0.39, 0.29) is 30.5 Å². The van der Waals surface area contributed by atoms with Gasteiger partial charge < -0.3 is 19.7 Å². The van der Waals surface area contributed by atoms with Crippen LogP contribution in [0, 0.1) is 0 Å². The van der Waals surface area contributed by atoms with Crippen LogP contribution >= 0.6 is 12.4 Å². The van der Waals surface area contributed by atoms with Crippen LogP contribution in [0.1, 0.15) is 38.5 Å². The molecule has 0 radical (unpaired) electrons. The number of nitrogens with zero attached hydrogens (tertiary/aromatic N) is 1. The molecule has 21 heavy (non-hydrogen) atoms. The van der Waals surface area contributed by atoms with Gasteiger partial charge in [-0.2, -0.15) is 0 Å². The number of nitrogens with one attached hydrogen (secondary N) is 1. The summed E-state index contributed by atoms with van der Waals surface area (Å²) in [6, 6.07) is 0.400. The molecule has 0 spiro atoms. The number of morpholine rings is 1. The molecule has 0 aromatic rings. The number of carbonyl (C=O) groups is 1. The molecule has 2 saturated heterocycles. The Morgan fingerprint density at radius 3 is 2.52 bits per heavy atom. The van der Waals surface area contributed by atoms with Gasteiger partial charge in [0.1, 0.15) is 6.10 Å². The average molecular weight is 319 g/mol. The molecule has 1 aliphatic carbocycles. The second-order valence-electron chi connectivity index (χ2n) is 6.13. The van der Waals surface area contributed by atoms with Gasteiger partial charge in [0, 0.05) is 32.3 Å². The number of halogens is 1. The summed E-state index contributed by atoms with van der Waals surface area (Å²) in [7, 11) is 0. The maximum Gasteiger partial charge on any atom is 0.253 e. The van der Waals surface area contributed by atoms with Crippen LogP contribution in [0.4, 0.5) is 0 Å². The lowest BCUT2D eigenvalue weighted by Gasteiger charge is -2.35. The van der Waals surface area contributed by atoms with Crippen molar-refractivity contribution in [3.05, 3.63) is 0 Å². The normalized spacial score (nSPS) is 30.1. The molecule has 3 rings (SSSR count). The van der Waals surface area contributed by atoms with E-state index in [1.165, 1.54) is 12.8 Å². The van der Waals surface area contributed by atoms with E-state index in [1.807, 2.05) is 0 Å². The van der Waals surface area contributed by atoms with Gasteiger partial charge in [-0.1, -0.05) is 12.8 Å². The van der Waals surface area contributed by atoms with Crippen LogP contribution < -0.4 is 5.32 Å². The highest BCUT2D eigenvalue weighted by atomic mass is 35.5. The molecule has 5 nitrogen and oxygen atoms in total. The lowest BCUT2D eigenvalue weighted by atomic mass is 10.1. The summed E-state index contributed by atoms with van der Waals surface area (Å²) in [5, 5.41) is 3.25. The van der Waals surface area contributed by atoms with Crippen molar-refractivity contribution in [3.8, 4) is 0 Å². The van der Waals surface area contributed by atoms with E-state index < -0.39 is 0 Å². The molecular weight excluding hydrogens is 292 g/mol. The Morgan fingerprint density at radius 2 is 1.90 bits per heavy atom. The van der Waals surface area contributed by atoms with E-state index in [9.17, 15) is 4.79 Å². The molecule has 3 fully saturated rings. The van der Waals surface area contributed by atoms with Gasteiger partial charge in [-0.15, -0.1) is 12.4 Å². The minimum atomic E-state index is -0.300. The fourth-order valence-electron chi connectivity index (χ4n) is 3.55. The second-order valence-corrected chi connectivity index (χ2v) is 6.13. The van der Waals surface area contributed by atoms with E-state index in [2.05, 4.69) is 10.2 Å². The first-order valence-electron chi connectivity index (χ1n) is 8.09. The summed E-state index contributed by atoms with van der Waals surface area (Å²) in [5.74, 6) is 0.166. The number of hydrogen-bond acceptors (Lipinski definition) is 4. The van der Waals surface area contributed by atoms with Crippen molar-refractivity contribution in [1.82, 2.24) is 10.2 Å². The molecule has 0 aromatic heterocycles. The van der Waals surface area contributed by atoms with Crippen molar-refractivity contribution in [1.29, 1.82) is 0 Å². The number of carbonyl (C=O) groups excluding carboxylic acids is 1. The van der Waals surface area contributed by atoms with Gasteiger partial charge >= 0.3 is 0 Å². The van der Waals surface area contributed by atoms with Crippen molar-refractivity contribution in [2.75, 3.05) is 32.8 Å². The van der Waals surface area contributed by atoms with Gasteiger partial charge in [-0.05, 0) is 25.7 Å². The van der Waals surface area contributed by atoms with Crippen molar-refractivity contribution in [2.24, 2.45) is 0 Å². The smallest absolute Gasteiger partial charge is 0.253 e. The quantitative estimate of drug-likeness (QED) is 0.850. The molecule has 0 bridgehead atoms. The molecule has 0 aromatic carbocycles. The van der Waals surface area contributed by atoms with E-state index in [0.717, 1.165) is 45.4 Å². The number of hydrogen-bond donors (Lipinski definition) is 1. The van der Waals surface area contributed by atoms with E-state index >= 15 is 0 Å². The van der Waals surface area contributed by atoms with E-state index in [0.29, 0.717) is 19.2 Å². The van der Waals surface area contributed by atoms with E-state index in [4.69, 9.17) is 9.47 Å². The van der Waals surface area contributed by atoms with Gasteiger partial charge in [-0.3, -0.25) is 4.79 Å². The van der Waals surface area contributed by atoms with Crippen LogP contribution in [0.5, 0.6) is 0 Å². The van der Waals surface area contributed by atoms with Crippen LogP contribution in [-0.4, -0.2) is 61.9 Å². The number of rotatable bonds is 4. The maximum atomic E-state index is 12.8. The Labute approximate surface area is 133 Å². The molecule has 6 heteroatoms.